The van der Waals surface area contributed by atoms with Crippen LogP contribution in [0.5, 0.6) is 0 Å². The van der Waals surface area contributed by atoms with Crippen molar-refractivity contribution in [2.24, 2.45) is 23.0 Å². The van der Waals surface area contributed by atoms with Gasteiger partial charge in [-0.15, -0.1) is 11.3 Å². The highest BCUT2D eigenvalue weighted by atomic mass is 32.1. The van der Waals surface area contributed by atoms with Crippen molar-refractivity contribution in [2.45, 2.75) is 175 Å². The van der Waals surface area contributed by atoms with Gasteiger partial charge in [-0.25, -0.2) is 4.98 Å². The third-order valence-corrected chi connectivity index (χ3v) is 14.2. The van der Waals surface area contributed by atoms with Crippen molar-refractivity contribution >= 4 is 58.5 Å². The standard InChI is InChI=1S/C51H82N8O10S/c1-10-13-14-16-26-59(49(66)44(33(6)11-2)57-47(65)39-18-15-17-25-58(39)9)40(32(4)5)28-41(69-12-3)48-56-38(31-70-48)46(64)55-36(29-51(7,8)50(67)68)27-34-19-21-35(22-20-34)54-42(60)30-53-45(63)37(52)23-24-43(61)62/h19-22,31-33,36-37,39-41,44H,10-18,23-30,52H2,1-9H3,(H,53,63)(H,54,60)(H,55,64)(H,57,65)(H,61,62)(H,67,68)/t33-,36-,37?,39+,40+,41+,44-/m0/s1. The molecule has 0 saturated carbocycles. The highest BCUT2D eigenvalue weighted by Gasteiger charge is 2.39. The molecule has 0 aliphatic carbocycles. The Morgan fingerprint density at radius 3 is 2.29 bits per heavy atom. The summed E-state index contributed by atoms with van der Waals surface area (Å²) in [7, 11) is 1.97. The van der Waals surface area contributed by atoms with Crippen molar-refractivity contribution in [1.82, 2.24) is 30.7 Å². The highest BCUT2D eigenvalue weighted by Crippen LogP contribution is 2.32. The number of thiazole rings is 1. The monoisotopic (exact) mass is 999 g/mol. The molecule has 19 heteroatoms. The molecule has 0 bridgehead atoms. The van der Waals surface area contributed by atoms with E-state index in [0.717, 1.165) is 57.1 Å². The van der Waals surface area contributed by atoms with E-state index in [1.165, 1.54) is 11.3 Å². The quantitative estimate of drug-likeness (QED) is 0.0419. The maximum Gasteiger partial charge on any atom is 0.309 e. The molecule has 5 amide bonds. The number of hydrogen-bond donors (Lipinski definition) is 7. The second-order valence-corrected chi connectivity index (χ2v) is 20.7. The van der Waals surface area contributed by atoms with Crippen molar-refractivity contribution in [3.8, 4) is 0 Å². The van der Waals surface area contributed by atoms with Crippen LogP contribution in [0.2, 0.25) is 0 Å². The molecule has 1 saturated heterocycles. The number of nitrogens with zero attached hydrogens (tertiary/aromatic N) is 3. The maximum atomic E-state index is 15.0. The summed E-state index contributed by atoms with van der Waals surface area (Å²) in [4.78, 5) is 99.4. The fourth-order valence-corrected chi connectivity index (χ4v) is 9.54. The van der Waals surface area contributed by atoms with Gasteiger partial charge in [0.25, 0.3) is 5.91 Å². The number of carboxylic acids is 2. The number of rotatable bonds is 31. The normalized spacial score (nSPS) is 16.8. The number of ether oxygens (including phenoxy) is 1. The molecule has 1 aromatic heterocycles. The number of nitrogens with one attached hydrogen (secondary N) is 4. The molecule has 7 atom stereocenters. The fraction of sp³-hybridized carbons (Fsp3) is 0.686. The summed E-state index contributed by atoms with van der Waals surface area (Å²) < 4.78 is 6.37. The zero-order chi connectivity index (χ0) is 52.1. The summed E-state index contributed by atoms with van der Waals surface area (Å²) in [5, 5.41) is 32.4. The number of carbonyl (C=O) groups excluding carboxylic acids is 5. The first-order valence-corrected chi connectivity index (χ1v) is 26.1. The van der Waals surface area contributed by atoms with Crippen molar-refractivity contribution in [1.29, 1.82) is 0 Å². The minimum absolute atomic E-state index is 0.0116. The molecule has 1 aliphatic rings. The van der Waals surface area contributed by atoms with Crippen LogP contribution in [0, 0.1) is 17.3 Å². The Kier molecular flexibility index (Phi) is 24.9. The van der Waals surface area contributed by atoms with E-state index in [-0.39, 0.29) is 73.7 Å². The third-order valence-electron chi connectivity index (χ3n) is 13.2. The zero-order valence-electron chi connectivity index (χ0n) is 43.0. The van der Waals surface area contributed by atoms with Gasteiger partial charge < -0.3 is 46.9 Å². The molecule has 1 fully saturated rings. The number of aliphatic carboxylic acids is 2. The van der Waals surface area contributed by atoms with Crippen LogP contribution >= 0.6 is 11.3 Å². The topological polar surface area (TPSA) is 263 Å². The number of amides is 5. The molecule has 0 spiro atoms. The van der Waals surface area contributed by atoms with Crippen molar-refractivity contribution in [3.05, 3.63) is 45.9 Å². The van der Waals surface area contributed by atoms with Gasteiger partial charge in [0, 0.05) is 49.1 Å². The van der Waals surface area contributed by atoms with Crippen LogP contribution in [0.15, 0.2) is 29.6 Å². The van der Waals surface area contributed by atoms with Gasteiger partial charge in [-0.05, 0) is 102 Å². The molecular weight excluding hydrogens is 917 g/mol. The van der Waals surface area contributed by atoms with Gasteiger partial charge in [0.2, 0.25) is 23.6 Å². The number of unbranched alkanes of at least 4 members (excludes halogenated alkanes) is 3. The van der Waals surface area contributed by atoms with Crippen LogP contribution < -0.4 is 27.0 Å². The molecule has 0 radical (unpaired) electrons. The number of carbonyl (C=O) groups is 7. The fourth-order valence-electron chi connectivity index (χ4n) is 8.68. The number of piperidine rings is 1. The van der Waals surface area contributed by atoms with Gasteiger partial charge in [0.05, 0.1) is 24.0 Å². The van der Waals surface area contributed by atoms with Crippen molar-refractivity contribution in [3.63, 3.8) is 0 Å². The van der Waals surface area contributed by atoms with Crippen LogP contribution in [-0.4, -0.2) is 130 Å². The third kappa shape index (κ3) is 19.0. The number of likely N-dealkylation sites (N-methyl/N-ethyl adjacent to an activating group) is 1. The molecule has 2 aromatic rings. The lowest BCUT2D eigenvalue weighted by Crippen LogP contribution is -2.59. The van der Waals surface area contributed by atoms with E-state index >= 15 is 0 Å². The summed E-state index contributed by atoms with van der Waals surface area (Å²) in [6.45, 7) is 16.8. The summed E-state index contributed by atoms with van der Waals surface area (Å²) in [5.74, 6) is -4.06. The van der Waals surface area contributed by atoms with E-state index in [9.17, 15) is 38.7 Å². The molecule has 2 heterocycles. The van der Waals surface area contributed by atoms with Gasteiger partial charge in [-0.3, -0.25) is 38.5 Å². The zero-order valence-corrected chi connectivity index (χ0v) is 43.8. The molecule has 3 rings (SSSR count). The average Bonchev–Trinajstić information content (AvgIpc) is 3.81. The smallest absolute Gasteiger partial charge is 0.309 e. The predicted octanol–water partition coefficient (Wildman–Crippen LogP) is 6.15. The summed E-state index contributed by atoms with van der Waals surface area (Å²) in [6, 6.07) is 3.82. The highest BCUT2D eigenvalue weighted by molar-refractivity contribution is 7.09. The van der Waals surface area contributed by atoms with Crippen molar-refractivity contribution < 1.29 is 48.5 Å². The molecule has 70 heavy (non-hydrogen) atoms. The van der Waals surface area contributed by atoms with Gasteiger partial charge in [-0.2, -0.15) is 0 Å². The Hall–Kier alpha value is -4.98. The van der Waals surface area contributed by atoms with Crippen LogP contribution in [-0.2, 0) is 39.9 Å². The van der Waals surface area contributed by atoms with Gasteiger partial charge in [0.15, 0.2) is 0 Å². The summed E-state index contributed by atoms with van der Waals surface area (Å²) >= 11 is 1.29. The van der Waals surface area contributed by atoms with E-state index in [0.29, 0.717) is 36.7 Å². The first-order valence-electron chi connectivity index (χ1n) is 25.2. The SMILES string of the molecule is CCCCCCN(C(=O)[C@@H](NC(=O)[C@H]1CCCCN1C)[C@@H](C)CC)[C@H](C[C@@H](OCC)c1nc(C(=O)N[C@@H](Cc2ccc(NC(=O)CNC(=O)C(N)CCC(=O)O)cc2)CC(C)(C)C(=O)O)cs1)C(C)C. The van der Waals surface area contributed by atoms with E-state index in [1.807, 2.05) is 32.7 Å². The van der Waals surface area contributed by atoms with E-state index in [2.05, 4.69) is 46.9 Å². The average molecular weight is 999 g/mol. The van der Waals surface area contributed by atoms with Gasteiger partial charge >= 0.3 is 11.9 Å². The minimum Gasteiger partial charge on any atom is -0.481 e. The lowest BCUT2D eigenvalue weighted by molar-refractivity contribution is -0.147. The maximum absolute atomic E-state index is 15.0. The Morgan fingerprint density at radius 2 is 1.69 bits per heavy atom. The Bertz CT molecular complexity index is 2010. The van der Waals surface area contributed by atoms with Crippen LogP contribution in [0.25, 0.3) is 0 Å². The number of carboxylic acid groups (broad SMARTS) is 2. The minimum atomic E-state index is -1.20. The van der Waals surface area contributed by atoms with E-state index in [4.69, 9.17) is 20.6 Å². The molecule has 1 unspecified atom stereocenters. The predicted molar refractivity (Wildman–Crippen MR) is 271 cm³/mol. The first-order chi connectivity index (χ1) is 33.1. The van der Waals surface area contributed by atoms with Crippen LogP contribution in [0.1, 0.15) is 160 Å². The number of likely N-dealkylation sites (tertiary alicyclic amines) is 1. The molecular formula is C51H82N8O10S. The van der Waals surface area contributed by atoms with Crippen LogP contribution in [0.4, 0.5) is 5.69 Å². The Morgan fingerprint density at radius 1 is 0.986 bits per heavy atom. The first kappa shape index (κ1) is 59.3. The number of hydrogen-bond acceptors (Lipinski definition) is 12. The number of anilines is 1. The number of benzene rings is 1. The largest absolute Gasteiger partial charge is 0.481 e. The summed E-state index contributed by atoms with van der Waals surface area (Å²) in [6.07, 6.45) is 7.19. The van der Waals surface area contributed by atoms with E-state index < -0.39 is 59.3 Å². The van der Waals surface area contributed by atoms with E-state index in [1.54, 1.807) is 43.5 Å². The lowest BCUT2D eigenvalue weighted by atomic mass is 9.84. The summed E-state index contributed by atoms with van der Waals surface area (Å²) in [5.41, 5.74) is 5.85. The van der Waals surface area contributed by atoms with Crippen LogP contribution in [0.3, 0.4) is 0 Å². The Balaban J connectivity index is 1.83. The Labute approximate surface area is 419 Å². The molecule has 18 nitrogen and oxygen atoms in total. The molecule has 8 N–H and O–H groups in total. The number of aromatic nitrogens is 1. The second-order valence-electron chi connectivity index (χ2n) is 19.8. The molecule has 392 valence electrons. The van der Waals surface area contributed by atoms with Crippen molar-refractivity contribution in [2.75, 3.05) is 38.6 Å². The second kappa shape index (κ2) is 29.4. The van der Waals surface area contributed by atoms with Gasteiger partial charge in [0.1, 0.15) is 22.8 Å². The molecule has 1 aromatic carbocycles. The molecule has 1 aliphatic heterocycles. The van der Waals surface area contributed by atoms with Gasteiger partial charge in [-0.1, -0.05) is 78.9 Å². The lowest BCUT2D eigenvalue weighted by Gasteiger charge is -2.40. The number of nitrogens with two attached hydrogens (primary N) is 1.